The van der Waals surface area contributed by atoms with Crippen LogP contribution in [0.4, 0.5) is 11.4 Å². The summed E-state index contributed by atoms with van der Waals surface area (Å²) < 4.78 is 5.07. The van der Waals surface area contributed by atoms with Crippen LogP contribution < -0.4 is 15.8 Å². The van der Waals surface area contributed by atoms with E-state index < -0.39 is 5.91 Å². The molecule has 0 saturated carbocycles. The number of nitrogens with one attached hydrogen (secondary N) is 1. The third-order valence-electron chi connectivity index (χ3n) is 2.78. The van der Waals surface area contributed by atoms with Crippen LogP contribution in [0.3, 0.4) is 0 Å². The average molecular weight is 346 g/mol. The largest absolute Gasteiger partial charge is 0.495 e. The second kappa shape index (κ2) is 6.43. The van der Waals surface area contributed by atoms with E-state index in [1.165, 1.54) is 19.2 Å². The Kier molecular flexibility index (Phi) is 4.83. The number of carbonyl (C=O) groups excluding carboxylic acids is 1. The summed E-state index contributed by atoms with van der Waals surface area (Å²) in [5.41, 5.74) is 6.64. The minimum atomic E-state index is -0.447. The molecule has 0 bridgehead atoms. The molecule has 0 aromatic heterocycles. The normalized spacial score (nSPS) is 10.3. The number of nitrogens with two attached hydrogens (primary N) is 1. The second-order valence-corrected chi connectivity index (χ2v) is 5.37. The van der Waals surface area contributed by atoms with E-state index in [4.69, 9.17) is 45.3 Å². The summed E-state index contributed by atoms with van der Waals surface area (Å²) in [5.74, 6) is -0.0338. The maximum absolute atomic E-state index is 12.3. The van der Waals surface area contributed by atoms with Crippen LogP contribution in [-0.4, -0.2) is 13.0 Å². The second-order valence-electron chi connectivity index (χ2n) is 4.12. The van der Waals surface area contributed by atoms with E-state index in [1.54, 1.807) is 18.2 Å². The van der Waals surface area contributed by atoms with Gasteiger partial charge in [0.05, 0.1) is 34.1 Å². The van der Waals surface area contributed by atoms with E-state index in [1.807, 2.05) is 0 Å². The van der Waals surface area contributed by atoms with Crippen LogP contribution in [0, 0.1) is 0 Å². The van der Waals surface area contributed by atoms with Crippen molar-refractivity contribution in [2.75, 3.05) is 18.2 Å². The molecule has 3 N–H and O–H groups in total. The smallest absolute Gasteiger partial charge is 0.257 e. The molecule has 0 atom stereocenters. The van der Waals surface area contributed by atoms with Gasteiger partial charge in [0.2, 0.25) is 0 Å². The Morgan fingerprint density at radius 2 is 1.81 bits per heavy atom. The molecule has 0 spiro atoms. The molecule has 0 fully saturated rings. The molecule has 2 rings (SSSR count). The average Bonchev–Trinajstić information content (AvgIpc) is 2.42. The van der Waals surface area contributed by atoms with Gasteiger partial charge in [0, 0.05) is 5.02 Å². The van der Waals surface area contributed by atoms with Gasteiger partial charge in [-0.1, -0.05) is 40.9 Å². The molecular weight excluding hydrogens is 335 g/mol. The Hall–Kier alpha value is -1.62. The maximum Gasteiger partial charge on any atom is 0.257 e. The molecule has 0 unspecified atom stereocenters. The molecular formula is C14H11Cl3N2O2. The Balaban J connectivity index is 2.35. The van der Waals surface area contributed by atoms with Crippen molar-refractivity contribution in [3.8, 4) is 5.75 Å². The van der Waals surface area contributed by atoms with Crippen LogP contribution in [0.1, 0.15) is 10.4 Å². The van der Waals surface area contributed by atoms with Crippen molar-refractivity contribution in [3.63, 3.8) is 0 Å². The lowest BCUT2D eigenvalue weighted by Crippen LogP contribution is -2.15. The van der Waals surface area contributed by atoms with Crippen LogP contribution in [0.2, 0.25) is 15.1 Å². The van der Waals surface area contributed by atoms with Crippen LogP contribution in [0.15, 0.2) is 30.3 Å². The number of amides is 1. The Morgan fingerprint density at radius 3 is 2.38 bits per heavy atom. The highest BCUT2D eigenvalue weighted by molar-refractivity contribution is 6.42. The lowest BCUT2D eigenvalue weighted by Gasteiger charge is -2.12. The first kappa shape index (κ1) is 15.8. The van der Waals surface area contributed by atoms with Crippen LogP contribution >= 0.6 is 34.8 Å². The lowest BCUT2D eigenvalue weighted by molar-refractivity contribution is 0.102. The number of halogens is 3. The number of anilines is 2. The third kappa shape index (κ3) is 3.35. The van der Waals surface area contributed by atoms with Crippen LogP contribution in [0.5, 0.6) is 5.75 Å². The fourth-order valence-electron chi connectivity index (χ4n) is 1.76. The van der Waals surface area contributed by atoms with Crippen molar-refractivity contribution in [1.82, 2.24) is 0 Å². The fourth-order valence-corrected chi connectivity index (χ4v) is 2.67. The molecule has 0 aliphatic rings. The first-order valence-electron chi connectivity index (χ1n) is 5.82. The summed E-state index contributed by atoms with van der Waals surface area (Å²) in [5, 5.41) is 3.47. The molecule has 110 valence electrons. The van der Waals surface area contributed by atoms with Gasteiger partial charge in [-0.15, -0.1) is 0 Å². The molecule has 7 heteroatoms. The molecule has 21 heavy (non-hydrogen) atoms. The quantitative estimate of drug-likeness (QED) is 0.806. The molecule has 0 radical (unpaired) electrons. The van der Waals surface area contributed by atoms with Gasteiger partial charge in [-0.3, -0.25) is 4.79 Å². The molecule has 2 aromatic rings. The van der Waals surface area contributed by atoms with Gasteiger partial charge in [-0.25, -0.2) is 0 Å². The van der Waals surface area contributed by atoms with Gasteiger partial charge in [-0.05, 0) is 24.3 Å². The summed E-state index contributed by atoms with van der Waals surface area (Å²) in [4.78, 5) is 12.3. The summed E-state index contributed by atoms with van der Waals surface area (Å²) in [6, 6.07) is 7.87. The van der Waals surface area contributed by atoms with Crippen molar-refractivity contribution >= 4 is 52.1 Å². The summed E-state index contributed by atoms with van der Waals surface area (Å²) in [7, 11) is 1.47. The van der Waals surface area contributed by atoms with Crippen molar-refractivity contribution in [2.45, 2.75) is 0 Å². The number of carbonyl (C=O) groups is 1. The van der Waals surface area contributed by atoms with E-state index in [9.17, 15) is 4.79 Å². The van der Waals surface area contributed by atoms with Gasteiger partial charge in [0.1, 0.15) is 5.75 Å². The van der Waals surface area contributed by atoms with Crippen molar-refractivity contribution < 1.29 is 9.53 Å². The van der Waals surface area contributed by atoms with Crippen molar-refractivity contribution in [2.24, 2.45) is 0 Å². The molecule has 0 heterocycles. The predicted octanol–water partition coefficient (Wildman–Crippen LogP) is 4.49. The minimum Gasteiger partial charge on any atom is -0.495 e. The highest BCUT2D eigenvalue weighted by atomic mass is 35.5. The first-order chi connectivity index (χ1) is 9.93. The molecule has 0 aliphatic carbocycles. The van der Waals surface area contributed by atoms with E-state index in [0.717, 1.165) is 0 Å². The monoisotopic (exact) mass is 344 g/mol. The molecule has 4 nitrogen and oxygen atoms in total. The number of nitrogen functional groups attached to an aromatic ring is 1. The number of ether oxygens (including phenoxy) is 1. The van der Waals surface area contributed by atoms with Crippen LogP contribution in [-0.2, 0) is 0 Å². The van der Waals surface area contributed by atoms with Gasteiger partial charge < -0.3 is 15.8 Å². The predicted molar refractivity (Wildman–Crippen MR) is 86.8 cm³/mol. The lowest BCUT2D eigenvalue weighted by atomic mass is 10.1. The zero-order valence-corrected chi connectivity index (χ0v) is 13.2. The van der Waals surface area contributed by atoms with E-state index >= 15 is 0 Å². The Morgan fingerprint density at radius 1 is 1.19 bits per heavy atom. The van der Waals surface area contributed by atoms with Crippen molar-refractivity contribution in [1.29, 1.82) is 0 Å². The molecule has 0 aliphatic heterocycles. The minimum absolute atomic E-state index is 0.235. The number of methoxy groups -OCH3 is 1. The molecule has 0 saturated heterocycles. The fraction of sp³-hybridized carbons (Fsp3) is 0.0714. The van der Waals surface area contributed by atoms with E-state index in [0.29, 0.717) is 10.8 Å². The molecule has 1 amide bonds. The summed E-state index contributed by atoms with van der Waals surface area (Å²) >= 11 is 17.9. The number of hydrogen-bond donors (Lipinski definition) is 2. The first-order valence-corrected chi connectivity index (χ1v) is 6.95. The summed E-state index contributed by atoms with van der Waals surface area (Å²) in [6.45, 7) is 0. The topological polar surface area (TPSA) is 64.3 Å². The van der Waals surface area contributed by atoms with Gasteiger partial charge in [-0.2, -0.15) is 0 Å². The number of para-hydroxylation sites is 1. The number of rotatable bonds is 3. The summed E-state index contributed by atoms with van der Waals surface area (Å²) in [6.07, 6.45) is 0. The highest BCUT2D eigenvalue weighted by Gasteiger charge is 2.16. The van der Waals surface area contributed by atoms with E-state index in [-0.39, 0.29) is 27.0 Å². The zero-order valence-electron chi connectivity index (χ0n) is 10.9. The zero-order chi connectivity index (χ0) is 15.6. The maximum atomic E-state index is 12.3. The SMILES string of the molecule is COc1cccc(C(=O)Nc2c(Cl)cc(Cl)cc2Cl)c1N. The highest BCUT2D eigenvalue weighted by Crippen LogP contribution is 2.34. The van der Waals surface area contributed by atoms with Gasteiger partial charge in [0.25, 0.3) is 5.91 Å². The van der Waals surface area contributed by atoms with Crippen molar-refractivity contribution in [3.05, 3.63) is 51.0 Å². The number of benzene rings is 2. The van der Waals surface area contributed by atoms with Gasteiger partial charge in [0.15, 0.2) is 0 Å². The number of hydrogen-bond acceptors (Lipinski definition) is 3. The molecule has 2 aromatic carbocycles. The van der Waals surface area contributed by atoms with Gasteiger partial charge >= 0.3 is 0 Å². The Labute approximate surface area is 136 Å². The Bertz CT molecular complexity index is 682. The third-order valence-corrected chi connectivity index (χ3v) is 3.59. The van der Waals surface area contributed by atoms with E-state index in [2.05, 4.69) is 5.32 Å². The van der Waals surface area contributed by atoms with Crippen LogP contribution in [0.25, 0.3) is 0 Å². The standard InChI is InChI=1S/C14H11Cl3N2O2/c1-21-11-4-2-3-8(12(11)18)14(20)19-13-9(16)5-7(15)6-10(13)17/h2-6H,18H2,1H3,(H,19,20).